The predicted octanol–water partition coefficient (Wildman–Crippen LogP) is 8.09. The molecule has 0 heterocycles. The van der Waals surface area contributed by atoms with Crippen LogP contribution in [0, 0.1) is 0 Å². The van der Waals surface area contributed by atoms with Crippen molar-refractivity contribution in [2.24, 2.45) is 0 Å². The Balaban J connectivity index is 1.80. The van der Waals surface area contributed by atoms with Gasteiger partial charge in [0.05, 0.1) is 0 Å². The van der Waals surface area contributed by atoms with Crippen LogP contribution in [0.1, 0.15) is 74.5 Å². The highest BCUT2D eigenvalue weighted by Crippen LogP contribution is 2.36. The first-order valence-electron chi connectivity index (χ1n) is 14.0. The smallest absolute Gasteiger partial charge is 0.119 e. The highest BCUT2D eigenvalue weighted by molar-refractivity contribution is 5.98. The van der Waals surface area contributed by atoms with Gasteiger partial charge in [-0.2, -0.15) is 0 Å². The molecular formula is C34H45NO2. The van der Waals surface area contributed by atoms with Gasteiger partial charge in [0.15, 0.2) is 0 Å². The van der Waals surface area contributed by atoms with Crippen LogP contribution in [-0.4, -0.2) is 43.9 Å². The summed E-state index contributed by atoms with van der Waals surface area (Å²) in [5.74, 6) is 0.915. The molecule has 0 fully saturated rings. The van der Waals surface area contributed by atoms with Crippen molar-refractivity contribution in [3.05, 3.63) is 102 Å². The number of hydrogen-bond acceptors (Lipinski definition) is 3. The van der Waals surface area contributed by atoms with E-state index < -0.39 is 0 Å². The van der Waals surface area contributed by atoms with Crippen LogP contribution in [0.25, 0.3) is 11.1 Å². The first-order valence-corrected chi connectivity index (χ1v) is 14.0. The molecule has 0 unspecified atom stereocenters. The molecule has 1 N–H and O–H groups in total. The second-order valence-corrected chi connectivity index (χ2v) is 10.1. The van der Waals surface area contributed by atoms with Gasteiger partial charge in [0.25, 0.3) is 0 Å². The zero-order chi connectivity index (χ0) is 26.1. The molecule has 3 nitrogen and oxygen atoms in total. The lowest BCUT2D eigenvalue weighted by atomic mass is 9.86. The standard InChI is InChI=1S/C34H45NO2/c1-35(2)26-28-37-32-24-22-31(23-25-32)34(30-19-13-10-14-20-30)33(29-17-11-9-12-18-29)21-15-7-5-3-4-6-8-16-27-36/h9-14,17-20,22-25,36H,3-8,15-16,21,26-28H2,1-2H3/b34-33-. The van der Waals surface area contributed by atoms with Crippen molar-refractivity contribution in [1.82, 2.24) is 4.90 Å². The summed E-state index contributed by atoms with van der Waals surface area (Å²) in [6.07, 6.45) is 10.7. The summed E-state index contributed by atoms with van der Waals surface area (Å²) >= 11 is 0. The summed E-state index contributed by atoms with van der Waals surface area (Å²) in [6, 6.07) is 30.3. The van der Waals surface area contributed by atoms with E-state index in [9.17, 15) is 0 Å². The van der Waals surface area contributed by atoms with Crippen LogP contribution in [0.2, 0.25) is 0 Å². The van der Waals surface area contributed by atoms with Crippen molar-refractivity contribution < 1.29 is 9.84 Å². The zero-order valence-corrected chi connectivity index (χ0v) is 22.9. The lowest BCUT2D eigenvalue weighted by molar-refractivity contribution is 0.261. The van der Waals surface area contributed by atoms with Crippen LogP contribution in [0.5, 0.6) is 5.75 Å². The average molecular weight is 500 g/mol. The Hall–Kier alpha value is -2.88. The van der Waals surface area contributed by atoms with Gasteiger partial charge in [-0.05, 0) is 73.3 Å². The van der Waals surface area contributed by atoms with Gasteiger partial charge in [0.1, 0.15) is 12.4 Å². The summed E-state index contributed by atoms with van der Waals surface area (Å²) in [5, 5.41) is 8.95. The number of aliphatic hydroxyl groups is 1. The summed E-state index contributed by atoms with van der Waals surface area (Å²) < 4.78 is 5.97. The highest BCUT2D eigenvalue weighted by Gasteiger charge is 2.14. The summed E-state index contributed by atoms with van der Waals surface area (Å²) in [6.45, 7) is 1.91. The molecule has 3 aromatic rings. The van der Waals surface area contributed by atoms with E-state index in [1.807, 2.05) is 0 Å². The van der Waals surface area contributed by atoms with Crippen molar-refractivity contribution in [2.45, 2.75) is 57.8 Å². The third kappa shape index (κ3) is 10.2. The Labute approximate surface area is 224 Å². The maximum atomic E-state index is 8.95. The monoisotopic (exact) mass is 499 g/mol. The molecule has 37 heavy (non-hydrogen) atoms. The molecule has 3 heteroatoms. The largest absolute Gasteiger partial charge is 0.492 e. The number of rotatable bonds is 17. The SMILES string of the molecule is CN(C)CCOc1ccc(/C(=C(/CCCCCCCCCCO)c2ccccc2)c2ccccc2)cc1. The van der Waals surface area contributed by atoms with Gasteiger partial charge in [-0.15, -0.1) is 0 Å². The molecule has 0 radical (unpaired) electrons. The predicted molar refractivity (Wildman–Crippen MR) is 158 cm³/mol. The summed E-state index contributed by atoms with van der Waals surface area (Å²) in [7, 11) is 4.13. The molecule has 0 aliphatic rings. The van der Waals surface area contributed by atoms with Crippen LogP contribution < -0.4 is 4.74 Å². The van der Waals surface area contributed by atoms with Gasteiger partial charge in [-0.3, -0.25) is 0 Å². The molecule has 0 amide bonds. The molecule has 0 aromatic heterocycles. The van der Waals surface area contributed by atoms with Gasteiger partial charge in [0.2, 0.25) is 0 Å². The Bertz CT molecular complexity index is 1030. The topological polar surface area (TPSA) is 32.7 Å². The Morgan fingerprint density at radius 3 is 1.70 bits per heavy atom. The van der Waals surface area contributed by atoms with Gasteiger partial charge in [-0.1, -0.05) is 111 Å². The Morgan fingerprint density at radius 2 is 1.14 bits per heavy atom. The van der Waals surface area contributed by atoms with E-state index in [-0.39, 0.29) is 0 Å². The van der Waals surface area contributed by atoms with Crippen LogP contribution in [-0.2, 0) is 0 Å². The minimum Gasteiger partial charge on any atom is -0.492 e. The molecule has 0 atom stereocenters. The lowest BCUT2D eigenvalue weighted by Crippen LogP contribution is -2.19. The number of allylic oxidation sites excluding steroid dienone is 1. The fraction of sp³-hybridized carbons (Fsp3) is 0.412. The minimum absolute atomic E-state index is 0.324. The van der Waals surface area contributed by atoms with E-state index in [1.54, 1.807) is 0 Å². The number of ether oxygens (including phenoxy) is 1. The number of aliphatic hydroxyl groups excluding tert-OH is 1. The van der Waals surface area contributed by atoms with Crippen molar-refractivity contribution in [3.63, 3.8) is 0 Å². The molecular weight excluding hydrogens is 454 g/mol. The Kier molecular flexibility index (Phi) is 13.0. The maximum Gasteiger partial charge on any atom is 0.119 e. The number of hydrogen-bond donors (Lipinski definition) is 1. The van der Waals surface area contributed by atoms with Gasteiger partial charge < -0.3 is 14.7 Å². The fourth-order valence-electron chi connectivity index (χ4n) is 4.71. The van der Waals surface area contributed by atoms with Gasteiger partial charge in [-0.25, -0.2) is 0 Å². The van der Waals surface area contributed by atoms with Crippen molar-refractivity contribution in [3.8, 4) is 5.75 Å². The van der Waals surface area contributed by atoms with Crippen molar-refractivity contribution in [1.29, 1.82) is 0 Å². The van der Waals surface area contributed by atoms with E-state index in [0.29, 0.717) is 13.2 Å². The van der Waals surface area contributed by atoms with Crippen molar-refractivity contribution >= 4 is 11.1 Å². The average Bonchev–Trinajstić information content (AvgIpc) is 2.93. The number of nitrogens with zero attached hydrogens (tertiary/aromatic N) is 1. The molecule has 198 valence electrons. The molecule has 0 aliphatic carbocycles. The van der Waals surface area contributed by atoms with Crippen LogP contribution in [0.15, 0.2) is 84.9 Å². The van der Waals surface area contributed by atoms with Crippen molar-refractivity contribution in [2.75, 3.05) is 33.9 Å². The maximum absolute atomic E-state index is 8.95. The Morgan fingerprint density at radius 1 is 0.622 bits per heavy atom. The summed E-state index contributed by atoms with van der Waals surface area (Å²) in [5.41, 5.74) is 6.52. The third-order valence-corrected chi connectivity index (χ3v) is 6.77. The molecule has 0 saturated carbocycles. The van der Waals surface area contributed by atoms with Crippen LogP contribution in [0.4, 0.5) is 0 Å². The van der Waals surface area contributed by atoms with E-state index in [2.05, 4.69) is 104 Å². The van der Waals surface area contributed by atoms with E-state index in [1.165, 1.54) is 66.4 Å². The number of likely N-dealkylation sites (N-methyl/N-ethyl adjacent to an activating group) is 1. The van der Waals surface area contributed by atoms with E-state index in [0.717, 1.165) is 31.6 Å². The molecule has 3 rings (SSSR count). The third-order valence-electron chi connectivity index (χ3n) is 6.77. The number of unbranched alkanes of at least 4 members (excludes halogenated alkanes) is 7. The highest BCUT2D eigenvalue weighted by atomic mass is 16.5. The van der Waals surface area contributed by atoms with Crippen LogP contribution in [0.3, 0.4) is 0 Å². The molecule has 0 bridgehead atoms. The molecule has 0 saturated heterocycles. The minimum atomic E-state index is 0.324. The quantitative estimate of drug-likeness (QED) is 0.150. The first kappa shape index (κ1) is 28.7. The van der Waals surface area contributed by atoms with Gasteiger partial charge in [0, 0.05) is 13.2 Å². The number of benzene rings is 3. The van der Waals surface area contributed by atoms with Crippen LogP contribution >= 0.6 is 0 Å². The zero-order valence-electron chi connectivity index (χ0n) is 22.9. The first-order chi connectivity index (χ1) is 18.2. The second-order valence-electron chi connectivity index (χ2n) is 10.1. The molecule has 0 spiro atoms. The van der Waals surface area contributed by atoms with E-state index >= 15 is 0 Å². The molecule has 0 aliphatic heterocycles. The summed E-state index contributed by atoms with van der Waals surface area (Å²) in [4.78, 5) is 2.13. The lowest BCUT2D eigenvalue weighted by Gasteiger charge is -2.18. The van der Waals surface area contributed by atoms with Gasteiger partial charge >= 0.3 is 0 Å². The normalized spacial score (nSPS) is 12.0. The fourth-order valence-corrected chi connectivity index (χ4v) is 4.71. The van der Waals surface area contributed by atoms with E-state index in [4.69, 9.17) is 9.84 Å². The second kappa shape index (κ2) is 16.8. The molecule has 3 aromatic carbocycles.